The minimum atomic E-state index is -0.588. The maximum atomic E-state index is 13.5. The second-order valence-electron chi connectivity index (χ2n) is 4.68. The van der Waals surface area contributed by atoms with Gasteiger partial charge in [-0.05, 0) is 38.5 Å². The van der Waals surface area contributed by atoms with Crippen molar-refractivity contribution >= 4 is 29.1 Å². The van der Waals surface area contributed by atoms with Crippen LogP contribution in [0.3, 0.4) is 0 Å². The number of aromatic nitrogens is 1. The molecule has 0 fully saturated rings. The van der Waals surface area contributed by atoms with E-state index in [1.54, 1.807) is 20.8 Å². The second kappa shape index (κ2) is 6.03. The molecule has 4 nitrogen and oxygen atoms in total. The van der Waals surface area contributed by atoms with Crippen molar-refractivity contribution in [2.24, 2.45) is 0 Å². The summed E-state index contributed by atoms with van der Waals surface area (Å²) in [6.45, 7) is 5.02. The highest BCUT2D eigenvalue weighted by Gasteiger charge is 2.21. The Balaban J connectivity index is 2.24. The monoisotopic (exact) mass is 330 g/mol. The summed E-state index contributed by atoms with van der Waals surface area (Å²) in [6, 6.07) is 2.03. The molecule has 0 saturated heterocycles. The topological polar surface area (TPSA) is 55.1 Å². The highest BCUT2D eigenvalue weighted by atomic mass is 35.5. The first kappa shape index (κ1) is 15.8. The first-order valence-electron chi connectivity index (χ1n) is 6.19. The molecule has 0 aliphatic rings. The first-order valence-corrected chi connectivity index (χ1v) is 6.95. The minimum Gasteiger partial charge on any atom is -0.361 e. The van der Waals surface area contributed by atoms with E-state index in [4.69, 9.17) is 27.7 Å². The maximum absolute atomic E-state index is 13.5. The summed E-state index contributed by atoms with van der Waals surface area (Å²) in [4.78, 5) is 12.2. The lowest BCUT2D eigenvalue weighted by atomic mass is 10.1. The van der Waals surface area contributed by atoms with Crippen molar-refractivity contribution in [2.75, 3.05) is 0 Å². The van der Waals surface area contributed by atoms with Gasteiger partial charge in [-0.3, -0.25) is 4.79 Å². The van der Waals surface area contributed by atoms with E-state index in [9.17, 15) is 9.18 Å². The molecule has 2 aromatic rings. The lowest BCUT2D eigenvalue weighted by molar-refractivity contribution is 0.0938. The number of nitrogens with one attached hydrogen (secondary N) is 1. The van der Waals surface area contributed by atoms with Gasteiger partial charge in [0, 0.05) is 5.02 Å². The third kappa shape index (κ3) is 3.19. The van der Waals surface area contributed by atoms with Crippen molar-refractivity contribution in [3.8, 4) is 0 Å². The summed E-state index contributed by atoms with van der Waals surface area (Å²) in [5.74, 6) is -0.523. The van der Waals surface area contributed by atoms with E-state index < -0.39 is 11.9 Å². The lowest BCUT2D eigenvalue weighted by Gasteiger charge is -2.16. The molecule has 1 heterocycles. The van der Waals surface area contributed by atoms with Crippen molar-refractivity contribution < 1.29 is 13.7 Å². The largest absolute Gasteiger partial charge is 0.361 e. The van der Waals surface area contributed by atoms with Gasteiger partial charge in [0.15, 0.2) is 0 Å². The highest BCUT2D eigenvalue weighted by molar-refractivity contribution is 6.35. The first-order chi connectivity index (χ1) is 9.81. The molecule has 0 saturated carbocycles. The highest BCUT2D eigenvalue weighted by Crippen LogP contribution is 2.29. The molecule has 2 rings (SSSR count). The molecule has 0 aliphatic heterocycles. The Hall–Kier alpha value is -1.59. The Bertz CT molecular complexity index is 681. The number of hydrogen-bond acceptors (Lipinski definition) is 3. The SMILES string of the molecule is Cc1noc(C)c1C(=O)N[C@H](C)c1cc(F)c(Cl)cc1Cl. The van der Waals surface area contributed by atoms with Crippen molar-refractivity contribution in [2.45, 2.75) is 26.8 Å². The average molecular weight is 331 g/mol. The summed E-state index contributed by atoms with van der Waals surface area (Å²) in [5.41, 5.74) is 1.30. The van der Waals surface area contributed by atoms with E-state index in [1.165, 1.54) is 12.1 Å². The Labute approximate surface area is 131 Å². The fourth-order valence-electron chi connectivity index (χ4n) is 2.02. The molecule has 1 amide bonds. The molecule has 0 unspecified atom stereocenters. The Morgan fingerprint density at radius 2 is 2.00 bits per heavy atom. The number of carbonyl (C=O) groups is 1. The van der Waals surface area contributed by atoms with E-state index in [1.807, 2.05) is 0 Å². The molecule has 1 aromatic heterocycles. The van der Waals surface area contributed by atoms with E-state index in [0.717, 1.165) is 0 Å². The fourth-order valence-corrected chi connectivity index (χ4v) is 2.57. The number of nitrogens with zero attached hydrogens (tertiary/aromatic N) is 1. The fraction of sp³-hybridized carbons (Fsp3) is 0.286. The van der Waals surface area contributed by atoms with E-state index >= 15 is 0 Å². The van der Waals surface area contributed by atoms with Crippen LogP contribution in [-0.2, 0) is 0 Å². The van der Waals surface area contributed by atoms with Crippen LogP contribution < -0.4 is 5.32 Å². The third-order valence-corrected chi connectivity index (χ3v) is 3.73. The van der Waals surface area contributed by atoms with Crippen molar-refractivity contribution in [1.82, 2.24) is 10.5 Å². The zero-order chi connectivity index (χ0) is 15.7. The lowest BCUT2D eigenvalue weighted by Crippen LogP contribution is -2.27. The van der Waals surface area contributed by atoms with E-state index in [2.05, 4.69) is 10.5 Å². The third-order valence-electron chi connectivity index (χ3n) is 3.11. The van der Waals surface area contributed by atoms with E-state index in [-0.39, 0.29) is 16.0 Å². The predicted octanol–water partition coefficient (Wildman–Crippen LogP) is 4.23. The molecular formula is C14H13Cl2FN2O2. The Morgan fingerprint density at radius 3 is 2.57 bits per heavy atom. The molecule has 0 bridgehead atoms. The van der Waals surface area contributed by atoms with Gasteiger partial charge in [-0.2, -0.15) is 0 Å². The van der Waals surface area contributed by atoms with Gasteiger partial charge in [-0.1, -0.05) is 28.4 Å². The molecule has 1 N–H and O–H groups in total. The number of rotatable bonds is 3. The molecule has 0 aliphatic carbocycles. The smallest absolute Gasteiger partial charge is 0.257 e. The zero-order valence-electron chi connectivity index (χ0n) is 11.6. The summed E-state index contributed by atoms with van der Waals surface area (Å²) >= 11 is 11.7. The van der Waals surface area contributed by atoms with E-state index in [0.29, 0.717) is 22.6 Å². The van der Waals surface area contributed by atoms with Gasteiger partial charge in [-0.25, -0.2) is 4.39 Å². The van der Waals surface area contributed by atoms with Crippen LogP contribution in [0, 0.1) is 19.7 Å². The van der Waals surface area contributed by atoms with Crippen molar-refractivity contribution in [3.05, 3.63) is 50.6 Å². The van der Waals surface area contributed by atoms with Crippen molar-refractivity contribution in [1.29, 1.82) is 0 Å². The quantitative estimate of drug-likeness (QED) is 0.857. The zero-order valence-corrected chi connectivity index (χ0v) is 13.1. The molecular weight excluding hydrogens is 318 g/mol. The number of carbonyl (C=O) groups excluding carboxylic acids is 1. The van der Waals surface area contributed by atoms with Crippen LogP contribution >= 0.6 is 23.2 Å². The van der Waals surface area contributed by atoms with Crippen LogP contribution in [0.2, 0.25) is 10.0 Å². The summed E-state index contributed by atoms with van der Waals surface area (Å²) in [7, 11) is 0. The van der Waals surface area contributed by atoms with Crippen LogP contribution in [0.15, 0.2) is 16.7 Å². The van der Waals surface area contributed by atoms with Gasteiger partial charge in [-0.15, -0.1) is 0 Å². The molecule has 1 atom stereocenters. The van der Waals surface area contributed by atoms with Crippen molar-refractivity contribution in [3.63, 3.8) is 0 Å². The summed E-state index contributed by atoms with van der Waals surface area (Å²) < 4.78 is 18.5. The molecule has 7 heteroatoms. The van der Waals surface area contributed by atoms with Gasteiger partial charge < -0.3 is 9.84 Å². The molecule has 21 heavy (non-hydrogen) atoms. The minimum absolute atomic E-state index is 0.0620. The van der Waals surface area contributed by atoms with Gasteiger partial charge in [0.25, 0.3) is 5.91 Å². The Kier molecular flexibility index (Phi) is 4.54. The number of amides is 1. The number of halogens is 3. The normalized spacial score (nSPS) is 12.3. The summed E-state index contributed by atoms with van der Waals surface area (Å²) in [5, 5.41) is 6.68. The van der Waals surface area contributed by atoms with Crippen LogP contribution in [0.5, 0.6) is 0 Å². The van der Waals surface area contributed by atoms with Gasteiger partial charge in [0.05, 0.1) is 16.8 Å². The van der Waals surface area contributed by atoms with Crippen LogP contribution in [0.4, 0.5) is 4.39 Å². The van der Waals surface area contributed by atoms with Gasteiger partial charge in [0.1, 0.15) is 17.1 Å². The molecule has 1 aromatic carbocycles. The number of benzene rings is 1. The number of aryl methyl sites for hydroxylation is 2. The standard InChI is InChI=1S/C14H13Cl2FN2O2/c1-6(9-4-12(17)11(16)5-10(9)15)18-14(20)13-7(2)19-21-8(13)3/h4-6H,1-3H3,(H,18,20)/t6-/m1/s1. The number of hydrogen-bond donors (Lipinski definition) is 1. The molecule has 0 radical (unpaired) electrons. The van der Waals surface area contributed by atoms with Crippen LogP contribution in [-0.4, -0.2) is 11.1 Å². The average Bonchev–Trinajstić information content (AvgIpc) is 2.73. The van der Waals surface area contributed by atoms with Gasteiger partial charge in [0.2, 0.25) is 0 Å². The maximum Gasteiger partial charge on any atom is 0.257 e. The summed E-state index contributed by atoms with van der Waals surface area (Å²) in [6.07, 6.45) is 0. The Morgan fingerprint density at radius 1 is 1.33 bits per heavy atom. The molecule has 112 valence electrons. The van der Waals surface area contributed by atoms with Gasteiger partial charge >= 0.3 is 0 Å². The van der Waals surface area contributed by atoms with Crippen LogP contribution in [0.1, 0.15) is 40.3 Å². The predicted molar refractivity (Wildman–Crippen MR) is 78.3 cm³/mol. The molecule has 0 spiro atoms. The van der Waals surface area contributed by atoms with Crippen LogP contribution in [0.25, 0.3) is 0 Å². The second-order valence-corrected chi connectivity index (χ2v) is 5.50.